The number of nitriles is 1. The molecule has 0 unspecified atom stereocenters. The molecule has 0 saturated heterocycles. The molecule has 3 aromatic rings. The second-order valence-electron chi connectivity index (χ2n) is 6.53. The monoisotopic (exact) mass is 402 g/mol. The van der Waals surface area contributed by atoms with Crippen LogP contribution < -0.4 is 14.8 Å². The first-order valence-electron chi connectivity index (χ1n) is 9.25. The molecule has 2 aromatic carbocycles. The van der Waals surface area contributed by atoms with E-state index in [1.54, 1.807) is 29.0 Å². The maximum atomic E-state index is 12.7. The number of benzene rings is 2. The topological polar surface area (TPSA) is 89.2 Å². The molecule has 1 amide bonds. The highest BCUT2D eigenvalue weighted by molar-refractivity contribution is 6.09. The van der Waals surface area contributed by atoms with Crippen molar-refractivity contribution in [2.75, 3.05) is 19.5 Å². The highest BCUT2D eigenvalue weighted by Crippen LogP contribution is 2.30. The number of amides is 1. The first-order valence-corrected chi connectivity index (χ1v) is 9.25. The second kappa shape index (κ2) is 8.97. The van der Waals surface area contributed by atoms with Gasteiger partial charge in [0.1, 0.15) is 11.6 Å². The summed E-state index contributed by atoms with van der Waals surface area (Å²) in [4.78, 5) is 12.7. The normalized spacial score (nSPS) is 11.0. The molecule has 0 aliphatic heterocycles. The van der Waals surface area contributed by atoms with Crippen LogP contribution in [0.25, 0.3) is 11.8 Å². The molecule has 1 N–H and O–H groups in total. The Morgan fingerprint density at radius 2 is 1.80 bits per heavy atom. The molecule has 7 heteroatoms. The zero-order valence-corrected chi connectivity index (χ0v) is 17.3. The van der Waals surface area contributed by atoms with E-state index in [-0.39, 0.29) is 5.57 Å². The standard InChI is InChI=1S/C23H22N4O3/c1-15-20(16(2)27(26-15)19-8-6-5-7-9-19)12-17(14-24)23(28)25-18-10-11-21(29-3)22(13-18)30-4/h5-13H,1-4H3,(H,25,28)/b17-12+. The van der Waals surface area contributed by atoms with Gasteiger partial charge in [-0.1, -0.05) is 18.2 Å². The Kier molecular flexibility index (Phi) is 6.18. The van der Waals surface area contributed by atoms with E-state index >= 15 is 0 Å². The molecular formula is C23H22N4O3. The quantitative estimate of drug-likeness (QED) is 0.496. The molecule has 0 aliphatic carbocycles. The molecule has 0 radical (unpaired) electrons. The highest BCUT2D eigenvalue weighted by Gasteiger charge is 2.16. The van der Waals surface area contributed by atoms with E-state index in [0.29, 0.717) is 17.2 Å². The fraction of sp³-hybridized carbons (Fsp3) is 0.174. The molecule has 0 saturated carbocycles. The van der Waals surface area contributed by atoms with Gasteiger partial charge in [0.05, 0.1) is 25.6 Å². The van der Waals surface area contributed by atoms with E-state index in [4.69, 9.17) is 9.47 Å². The number of rotatable bonds is 6. The van der Waals surface area contributed by atoms with Crippen LogP contribution in [0.4, 0.5) is 5.69 Å². The zero-order chi connectivity index (χ0) is 21.7. The lowest BCUT2D eigenvalue weighted by molar-refractivity contribution is -0.112. The molecule has 1 heterocycles. The lowest BCUT2D eigenvalue weighted by Gasteiger charge is -2.10. The molecule has 7 nitrogen and oxygen atoms in total. The molecule has 1 aromatic heterocycles. The van der Waals surface area contributed by atoms with Crippen molar-refractivity contribution in [3.63, 3.8) is 0 Å². The summed E-state index contributed by atoms with van der Waals surface area (Å²) in [6, 6.07) is 16.7. The maximum absolute atomic E-state index is 12.7. The number of hydrogen-bond donors (Lipinski definition) is 1. The predicted molar refractivity (Wildman–Crippen MR) is 115 cm³/mol. The van der Waals surface area contributed by atoms with E-state index in [2.05, 4.69) is 10.4 Å². The molecule has 3 rings (SSSR count). The predicted octanol–water partition coefficient (Wildman–Crippen LogP) is 4.05. The van der Waals surface area contributed by atoms with Crippen LogP contribution in [0.3, 0.4) is 0 Å². The lowest BCUT2D eigenvalue weighted by atomic mass is 10.1. The Hall–Kier alpha value is -4.05. The van der Waals surface area contributed by atoms with E-state index in [9.17, 15) is 10.1 Å². The van der Waals surface area contributed by atoms with Crippen molar-refractivity contribution >= 4 is 17.7 Å². The van der Waals surface area contributed by atoms with Crippen LogP contribution in [-0.2, 0) is 4.79 Å². The van der Waals surface area contributed by atoms with Crippen LogP contribution in [0.1, 0.15) is 17.0 Å². The van der Waals surface area contributed by atoms with Gasteiger partial charge in [0.2, 0.25) is 0 Å². The number of hydrogen-bond acceptors (Lipinski definition) is 5. The average molecular weight is 402 g/mol. The Morgan fingerprint density at radius 3 is 2.43 bits per heavy atom. The Balaban J connectivity index is 1.90. The summed E-state index contributed by atoms with van der Waals surface area (Å²) in [6.07, 6.45) is 1.56. The minimum absolute atomic E-state index is 0.0244. The second-order valence-corrected chi connectivity index (χ2v) is 6.53. The van der Waals surface area contributed by atoms with Gasteiger partial charge < -0.3 is 14.8 Å². The van der Waals surface area contributed by atoms with Crippen LogP contribution in [-0.4, -0.2) is 29.9 Å². The molecule has 0 fully saturated rings. The number of para-hydroxylation sites is 1. The molecular weight excluding hydrogens is 380 g/mol. The van der Waals surface area contributed by atoms with Gasteiger partial charge >= 0.3 is 0 Å². The third-order valence-electron chi connectivity index (χ3n) is 4.64. The molecule has 0 spiro atoms. The van der Waals surface area contributed by atoms with Gasteiger partial charge in [-0.05, 0) is 44.2 Å². The summed E-state index contributed by atoms with van der Waals surface area (Å²) in [5.41, 5.74) is 3.67. The van der Waals surface area contributed by atoms with Gasteiger partial charge in [-0.2, -0.15) is 10.4 Å². The number of carbonyl (C=O) groups excluding carboxylic acids is 1. The number of nitrogens with zero attached hydrogens (tertiary/aromatic N) is 3. The third kappa shape index (κ3) is 4.18. The number of nitrogens with one attached hydrogen (secondary N) is 1. The summed E-state index contributed by atoms with van der Waals surface area (Å²) in [7, 11) is 3.05. The molecule has 0 bridgehead atoms. The summed E-state index contributed by atoms with van der Waals surface area (Å²) in [5, 5.41) is 16.9. The maximum Gasteiger partial charge on any atom is 0.266 e. The van der Waals surface area contributed by atoms with E-state index in [1.807, 2.05) is 50.2 Å². The van der Waals surface area contributed by atoms with Crippen molar-refractivity contribution in [3.05, 3.63) is 71.1 Å². The summed E-state index contributed by atoms with van der Waals surface area (Å²) in [5.74, 6) is 0.510. The number of carbonyl (C=O) groups is 1. The summed E-state index contributed by atoms with van der Waals surface area (Å²) in [6.45, 7) is 3.75. The van der Waals surface area contributed by atoms with Gasteiger partial charge in [-0.25, -0.2) is 4.68 Å². The van der Waals surface area contributed by atoms with Crippen LogP contribution >= 0.6 is 0 Å². The fourth-order valence-corrected chi connectivity index (χ4v) is 3.09. The van der Waals surface area contributed by atoms with Crippen molar-refractivity contribution in [2.45, 2.75) is 13.8 Å². The Labute approximate surface area is 175 Å². The number of aromatic nitrogens is 2. The molecule has 0 aliphatic rings. The van der Waals surface area contributed by atoms with E-state index < -0.39 is 5.91 Å². The Morgan fingerprint density at radius 1 is 1.10 bits per heavy atom. The SMILES string of the molecule is COc1ccc(NC(=O)/C(C#N)=C/c2c(C)nn(-c3ccccc3)c2C)cc1OC. The van der Waals surface area contributed by atoms with Crippen molar-refractivity contribution < 1.29 is 14.3 Å². The first-order chi connectivity index (χ1) is 14.5. The molecule has 30 heavy (non-hydrogen) atoms. The summed E-state index contributed by atoms with van der Waals surface area (Å²) < 4.78 is 12.2. The van der Waals surface area contributed by atoms with Crippen molar-refractivity contribution in [3.8, 4) is 23.3 Å². The van der Waals surface area contributed by atoms with E-state index in [1.165, 1.54) is 14.2 Å². The highest BCUT2D eigenvalue weighted by atomic mass is 16.5. The van der Waals surface area contributed by atoms with Crippen molar-refractivity contribution in [2.24, 2.45) is 0 Å². The van der Waals surface area contributed by atoms with Gasteiger partial charge in [0.25, 0.3) is 5.91 Å². The molecule has 152 valence electrons. The van der Waals surface area contributed by atoms with Gasteiger partial charge in [-0.3, -0.25) is 4.79 Å². The van der Waals surface area contributed by atoms with Crippen LogP contribution in [0.5, 0.6) is 11.5 Å². The fourth-order valence-electron chi connectivity index (χ4n) is 3.09. The third-order valence-corrected chi connectivity index (χ3v) is 4.64. The number of anilines is 1. The average Bonchev–Trinajstić information content (AvgIpc) is 3.05. The van der Waals surface area contributed by atoms with Crippen LogP contribution in [0, 0.1) is 25.2 Å². The largest absolute Gasteiger partial charge is 0.493 e. The van der Waals surface area contributed by atoms with Crippen LogP contribution in [0.2, 0.25) is 0 Å². The number of aryl methyl sites for hydroxylation is 1. The minimum Gasteiger partial charge on any atom is -0.493 e. The van der Waals surface area contributed by atoms with Gasteiger partial charge in [0, 0.05) is 23.0 Å². The van der Waals surface area contributed by atoms with Crippen molar-refractivity contribution in [1.82, 2.24) is 9.78 Å². The summed E-state index contributed by atoms with van der Waals surface area (Å²) >= 11 is 0. The molecule has 0 atom stereocenters. The van der Waals surface area contributed by atoms with E-state index in [0.717, 1.165) is 22.6 Å². The van der Waals surface area contributed by atoms with Gasteiger partial charge in [0.15, 0.2) is 11.5 Å². The zero-order valence-electron chi connectivity index (χ0n) is 17.3. The number of ether oxygens (including phenoxy) is 2. The smallest absolute Gasteiger partial charge is 0.266 e. The Bertz CT molecular complexity index is 1140. The van der Waals surface area contributed by atoms with Crippen molar-refractivity contribution in [1.29, 1.82) is 5.26 Å². The minimum atomic E-state index is -0.518. The first kappa shape index (κ1) is 20.7. The van der Waals surface area contributed by atoms with Gasteiger partial charge in [-0.15, -0.1) is 0 Å². The van der Waals surface area contributed by atoms with Crippen LogP contribution in [0.15, 0.2) is 54.1 Å². The number of methoxy groups -OCH3 is 2. The lowest BCUT2D eigenvalue weighted by Crippen LogP contribution is -2.13.